The van der Waals surface area contributed by atoms with Gasteiger partial charge in [0.1, 0.15) is 16.8 Å². The smallest absolute Gasteiger partial charge is 0.162 e. The first-order valence-corrected chi connectivity index (χ1v) is 9.36. The molecule has 0 N–H and O–H groups in total. The van der Waals surface area contributed by atoms with Gasteiger partial charge in [-0.05, 0) is 25.0 Å². The van der Waals surface area contributed by atoms with Gasteiger partial charge in [0.15, 0.2) is 9.84 Å². The van der Waals surface area contributed by atoms with Crippen molar-refractivity contribution in [3.8, 4) is 0 Å². The van der Waals surface area contributed by atoms with Crippen LogP contribution in [0.3, 0.4) is 0 Å². The van der Waals surface area contributed by atoms with E-state index in [-0.39, 0.29) is 5.75 Å². The molecule has 2 aromatic rings. The molecule has 0 spiro atoms. The van der Waals surface area contributed by atoms with Gasteiger partial charge < -0.3 is 0 Å². The lowest BCUT2D eigenvalue weighted by atomic mass is 9.92. The molecule has 0 aliphatic carbocycles. The van der Waals surface area contributed by atoms with Crippen LogP contribution in [0.5, 0.6) is 0 Å². The maximum absolute atomic E-state index is 13.0. The monoisotopic (exact) mass is 344 g/mol. The summed E-state index contributed by atoms with van der Waals surface area (Å²) in [5.74, 6) is -2.29. The van der Waals surface area contributed by atoms with Gasteiger partial charge in [-0.25, -0.2) is 8.42 Å². The highest BCUT2D eigenvalue weighted by Crippen LogP contribution is 2.34. The van der Waals surface area contributed by atoms with Crippen molar-refractivity contribution in [1.82, 2.24) is 0 Å². The maximum Gasteiger partial charge on any atom is 0.162 e. The Morgan fingerprint density at radius 1 is 0.833 bits per heavy atom. The fourth-order valence-corrected chi connectivity index (χ4v) is 5.07. The van der Waals surface area contributed by atoms with Gasteiger partial charge in [0.05, 0.1) is 11.7 Å². The Morgan fingerprint density at radius 3 is 1.75 bits per heavy atom. The second-order valence-electron chi connectivity index (χ2n) is 5.82. The van der Waals surface area contributed by atoms with E-state index in [9.17, 15) is 18.0 Å². The molecule has 0 aromatic heterocycles. The molecule has 0 radical (unpaired) electrons. The number of ketones is 2. The predicted octanol–water partition coefficient (Wildman–Crippen LogP) is 3.14. The molecule has 0 bridgehead atoms. The summed E-state index contributed by atoms with van der Waals surface area (Å²) in [7, 11) is -3.76. The van der Waals surface area contributed by atoms with Crippen LogP contribution in [0.15, 0.2) is 60.7 Å². The molecule has 2 aromatic carbocycles. The summed E-state index contributed by atoms with van der Waals surface area (Å²) in [5, 5.41) is -1.17. The van der Waals surface area contributed by atoms with Crippen LogP contribution in [-0.4, -0.2) is 20.0 Å². The van der Waals surface area contributed by atoms with Crippen molar-refractivity contribution in [3.05, 3.63) is 71.8 Å². The van der Waals surface area contributed by atoms with Gasteiger partial charge in [0.2, 0.25) is 0 Å². The number of carbonyl (C=O) groups excluding carboxylic acids is 2. The van der Waals surface area contributed by atoms with Crippen LogP contribution in [-0.2, 0) is 25.2 Å². The van der Waals surface area contributed by atoms with Crippen LogP contribution in [0, 0.1) is 5.92 Å². The third-order valence-corrected chi connectivity index (χ3v) is 5.96. The summed E-state index contributed by atoms with van der Waals surface area (Å²) < 4.78 is 26.1. The van der Waals surface area contributed by atoms with Crippen molar-refractivity contribution in [2.45, 2.75) is 24.9 Å². The van der Waals surface area contributed by atoms with Crippen LogP contribution in [0.4, 0.5) is 0 Å². The lowest BCUT2D eigenvalue weighted by molar-refractivity contribution is -0.130. The number of hydrogen-bond donors (Lipinski definition) is 0. The van der Waals surface area contributed by atoms with E-state index in [1.54, 1.807) is 60.7 Å². The standard InChI is InChI=1S/C19H20O4S/c1-14(20)18(15(2)21)19(17-11-7-4-8-12-17)24(22,23)13-16-9-5-3-6-10-16/h3-12,18-19H,13H2,1-2H3/t19-/m0/s1. The van der Waals surface area contributed by atoms with Gasteiger partial charge in [0, 0.05) is 0 Å². The first-order valence-electron chi connectivity index (χ1n) is 7.64. The zero-order chi connectivity index (χ0) is 17.7. The predicted molar refractivity (Wildman–Crippen MR) is 93.1 cm³/mol. The molecule has 0 amide bonds. The van der Waals surface area contributed by atoms with Crippen molar-refractivity contribution in [3.63, 3.8) is 0 Å². The number of rotatable bonds is 7. The van der Waals surface area contributed by atoms with E-state index in [1.165, 1.54) is 13.8 Å². The Labute approximate surface area is 142 Å². The largest absolute Gasteiger partial charge is 0.299 e. The van der Waals surface area contributed by atoms with Gasteiger partial charge in [0.25, 0.3) is 0 Å². The minimum absolute atomic E-state index is 0.218. The highest BCUT2D eigenvalue weighted by atomic mass is 32.2. The summed E-state index contributed by atoms with van der Waals surface area (Å²) in [6.45, 7) is 2.53. The van der Waals surface area contributed by atoms with Gasteiger partial charge in [-0.2, -0.15) is 0 Å². The molecule has 5 heteroatoms. The zero-order valence-corrected chi connectivity index (χ0v) is 14.5. The van der Waals surface area contributed by atoms with Gasteiger partial charge in [-0.15, -0.1) is 0 Å². The Hall–Kier alpha value is -2.27. The molecular weight excluding hydrogens is 324 g/mol. The lowest BCUT2D eigenvalue weighted by Crippen LogP contribution is -2.32. The Kier molecular flexibility index (Phi) is 5.67. The van der Waals surface area contributed by atoms with E-state index in [1.807, 2.05) is 0 Å². The molecular formula is C19H20O4S. The molecule has 0 unspecified atom stereocenters. The molecule has 0 saturated carbocycles. The van der Waals surface area contributed by atoms with E-state index < -0.39 is 32.6 Å². The molecule has 126 valence electrons. The molecule has 4 nitrogen and oxygen atoms in total. The summed E-state index contributed by atoms with van der Waals surface area (Å²) in [6, 6.07) is 17.2. The van der Waals surface area contributed by atoms with Crippen molar-refractivity contribution < 1.29 is 18.0 Å². The Bertz CT molecular complexity index is 797. The van der Waals surface area contributed by atoms with Crippen molar-refractivity contribution in [2.75, 3.05) is 0 Å². The number of hydrogen-bond acceptors (Lipinski definition) is 4. The summed E-state index contributed by atoms with van der Waals surface area (Å²) >= 11 is 0. The van der Waals surface area contributed by atoms with E-state index in [4.69, 9.17) is 0 Å². The number of Topliss-reactive ketones (excluding diaryl/α,β-unsaturated/α-hetero) is 2. The summed E-state index contributed by atoms with van der Waals surface area (Å²) in [5.41, 5.74) is 1.09. The van der Waals surface area contributed by atoms with E-state index in [0.717, 1.165) is 0 Å². The first-order chi connectivity index (χ1) is 11.3. The average molecular weight is 344 g/mol. The molecule has 1 atom stereocenters. The quantitative estimate of drug-likeness (QED) is 0.724. The zero-order valence-electron chi connectivity index (χ0n) is 13.7. The molecule has 0 aliphatic heterocycles. The number of sulfone groups is 1. The lowest BCUT2D eigenvalue weighted by Gasteiger charge is -2.24. The SMILES string of the molecule is CC(=O)C(C(C)=O)[C@H](c1ccccc1)S(=O)(=O)Cc1ccccc1. The maximum atomic E-state index is 13.0. The second-order valence-corrected chi connectivity index (χ2v) is 7.95. The van der Waals surface area contributed by atoms with E-state index in [0.29, 0.717) is 11.1 Å². The van der Waals surface area contributed by atoms with Gasteiger partial charge in [-0.3, -0.25) is 9.59 Å². The highest BCUT2D eigenvalue weighted by molar-refractivity contribution is 7.91. The summed E-state index contributed by atoms with van der Waals surface area (Å²) in [4.78, 5) is 24.0. The van der Waals surface area contributed by atoms with Crippen LogP contribution in [0.2, 0.25) is 0 Å². The van der Waals surface area contributed by atoms with Gasteiger partial charge in [-0.1, -0.05) is 60.7 Å². The minimum atomic E-state index is -3.76. The molecule has 0 fully saturated rings. The highest BCUT2D eigenvalue weighted by Gasteiger charge is 2.40. The first kappa shape index (κ1) is 18.1. The fraction of sp³-hybridized carbons (Fsp3) is 0.263. The number of carbonyl (C=O) groups is 2. The van der Waals surface area contributed by atoms with Crippen LogP contribution in [0.25, 0.3) is 0 Å². The van der Waals surface area contributed by atoms with Crippen LogP contribution in [0.1, 0.15) is 30.2 Å². The molecule has 0 aliphatic rings. The van der Waals surface area contributed by atoms with Crippen molar-refractivity contribution in [2.24, 2.45) is 5.92 Å². The third kappa shape index (κ3) is 4.17. The normalized spacial score (nSPS) is 12.8. The second kappa shape index (κ2) is 7.53. The van der Waals surface area contributed by atoms with Crippen LogP contribution < -0.4 is 0 Å². The van der Waals surface area contributed by atoms with Crippen molar-refractivity contribution >= 4 is 21.4 Å². The Balaban J connectivity index is 2.53. The summed E-state index contributed by atoms with van der Waals surface area (Å²) in [6.07, 6.45) is 0. The third-order valence-electron chi connectivity index (χ3n) is 3.90. The van der Waals surface area contributed by atoms with E-state index >= 15 is 0 Å². The average Bonchev–Trinajstić information content (AvgIpc) is 2.52. The molecule has 0 saturated heterocycles. The topological polar surface area (TPSA) is 68.3 Å². The minimum Gasteiger partial charge on any atom is -0.299 e. The molecule has 0 heterocycles. The molecule has 2 rings (SSSR count). The fourth-order valence-electron chi connectivity index (χ4n) is 2.86. The van der Waals surface area contributed by atoms with Crippen LogP contribution >= 0.6 is 0 Å². The molecule has 24 heavy (non-hydrogen) atoms. The Morgan fingerprint density at radius 2 is 1.29 bits per heavy atom. The van der Waals surface area contributed by atoms with E-state index in [2.05, 4.69) is 0 Å². The van der Waals surface area contributed by atoms with Gasteiger partial charge >= 0.3 is 0 Å². The number of benzene rings is 2. The van der Waals surface area contributed by atoms with Crippen molar-refractivity contribution in [1.29, 1.82) is 0 Å².